The third kappa shape index (κ3) is 4.58. The Morgan fingerprint density at radius 2 is 2.33 bits per heavy atom. The van der Waals surface area contributed by atoms with Gasteiger partial charge in [0.15, 0.2) is 0 Å². The van der Waals surface area contributed by atoms with Crippen molar-refractivity contribution in [1.29, 1.82) is 5.41 Å². The van der Waals surface area contributed by atoms with E-state index < -0.39 is 0 Å². The number of hydrogen-bond acceptors (Lipinski definition) is 2. The fourth-order valence-electron chi connectivity index (χ4n) is 1.25. The molecule has 3 N–H and O–H groups in total. The van der Waals surface area contributed by atoms with E-state index in [2.05, 4.69) is 6.92 Å². The van der Waals surface area contributed by atoms with Gasteiger partial charge in [0.2, 0.25) is 0 Å². The Morgan fingerprint density at radius 1 is 1.60 bits per heavy atom. The molecule has 0 bridgehead atoms. The first-order chi connectivity index (χ1) is 7.11. The SMILES string of the molecule is CCC(CC(=N)N)Sc1cccc(Cl)c1. The summed E-state index contributed by atoms with van der Waals surface area (Å²) in [6.45, 7) is 2.10. The Hall–Kier alpha value is -0.670. The fraction of sp³-hybridized carbons (Fsp3) is 0.364. The van der Waals surface area contributed by atoms with Gasteiger partial charge in [0.25, 0.3) is 0 Å². The summed E-state index contributed by atoms with van der Waals surface area (Å²) in [4.78, 5) is 1.13. The number of nitrogens with two attached hydrogens (primary N) is 1. The largest absolute Gasteiger partial charge is 0.388 e. The normalized spacial score (nSPS) is 12.4. The zero-order chi connectivity index (χ0) is 11.3. The lowest BCUT2D eigenvalue weighted by Crippen LogP contribution is -2.16. The third-order valence-electron chi connectivity index (χ3n) is 2.00. The van der Waals surface area contributed by atoms with Crippen molar-refractivity contribution in [1.82, 2.24) is 0 Å². The molecule has 4 heteroatoms. The molecule has 82 valence electrons. The maximum absolute atomic E-state index is 7.27. The van der Waals surface area contributed by atoms with Crippen LogP contribution in [0.2, 0.25) is 5.02 Å². The highest BCUT2D eigenvalue weighted by molar-refractivity contribution is 8.00. The van der Waals surface area contributed by atoms with Crippen LogP contribution < -0.4 is 5.73 Å². The average Bonchev–Trinajstić information content (AvgIpc) is 2.16. The van der Waals surface area contributed by atoms with E-state index in [0.717, 1.165) is 16.3 Å². The maximum atomic E-state index is 7.27. The zero-order valence-electron chi connectivity index (χ0n) is 8.66. The molecule has 0 aliphatic rings. The van der Waals surface area contributed by atoms with Gasteiger partial charge >= 0.3 is 0 Å². The Morgan fingerprint density at radius 3 is 2.87 bits per heavy atom. The second-order valence-corrected chi connectivity index (χ2v) is 5.15. The quantitative estimate of drug-likeness (QED) is 0.471. The molecule has 1 unspecified atom stereocenters. The van der Waals surface area contributed by atoms with Gasteiger partial charge in [-0.15, -0.1) is 11.8 Å². The summed E-state index contributed by atoms with van der Waals surface area (Å²) >= 11 is 7.62. The molecule has 0 aliphatic carbocycles. The molecule has 0 aromatic heterocycles. The summed E-state index contributed by atoms with van der Waals surface area (Å²) in [5, 5.41) is 8.38. The molecule has 15 heavy (non-hydrogen) atoms. The van der Waals surface area contributed by atoms with Gasteiger partial charge in [-0.1, -0.05) is 24.6 Å². The standard InChI is InChI=1S/C11H15ClN2S/c1-2-9(7-11(13)14)15-10-5-3-4-8(12)6-10/h3-6,9H,2,7H2,1H3,(H3,13,14). The molecule has 1 aromatic rings. The number of amidine groups is 1. The molecule has 0 fully saturated rings. The predicted molar refractivity (Wildman–Crippen MR) is 67.9 cm³/mol. The number of rotatable bonds is 5. The highest BCUT2D eigenvalue weighted by Gasteiger charge is 2.09. The summed E-state index contributed by atoms with van der Waals surface area (Å²) in [5.41, 5.74) is 5.40. The molecule has 1 aromatic carbocycles. The summed E-state index contributed by atoms with van der Waals surface area (Å²) in [7, 11) is 0. The van der Waals surface area contributed by atoms with Crippen molar-refractivity contribution in [3.8, 4) is 0 Å². The lowest BCUT2D eigenvalue weighted by atomic mass is 10.2. The minimum Gasteiger partial charge on any atom is -0.388 e. The first-order valence-corrected chi connectivity index (χ1v) is 6.12. The Bertz CT molecular complexity index is 341. The second kappa shape index (κ2) is 6.03. The van der Waals surface area contributed by atoms with Crippen LogP contribution >= 0.6 is 23.4 Å². The average molecular weight is 243 g/mol. The lowest BCUT2D eigenvalue weighted by molar-refractivity contribution is 0.849. The monoisotopic (exact) mass is 242 g/mol. The van der Waals surface area contributed by atoms with Gasteiger partial charge < -0.3 is 5.73 Å². The van der Waals surface area contributed by atoms with Crippen molar-refractivity contribution < 1.29 is 0 Å². The van der Waals surface area contributed by atoms with Gasteiger partial charge in [0.1, 0.15) is 0 Å². The van der Waals surface area contributed by atoms with Crippen molar-refractivity contribution in [2.45, 2.75) is 29.9 Å². The smallest absolute Gasteiger partial charge is 0.0916 e. The molecular formula is C11H15ClN2S. The van der Waals surface area contributed by atoms with E-state index in [9.17, 15) is 0 Å². The van der Waals surface area contributed by atoms with E-state index in [4.69, 9.17) is 22.7 Å². The van der Waals surface area contributed by atoms with Gasteiger partial charge in [0, 0.05) is 21.6 Å². The van der Waals surface area contributed by atoms with E-state index in [1.54, 1.807) is 11.8 Å². The molecule has 2 nitrogen and oxygen atoms in total. The first kappa shape index (κ1) is 12.4. The van der Waals surface area contributed by atoms with Crippen LogP contribution in [0.25, 0.3) is 0 Å². The van der Waals surface area contributed by atoms with Crippen LogP contribution in [0.1, 0.15) is 19.8 Å². The van der Waals surface area contributed by atoms with Crippen LogP contribution in [-0.4, -0.2) is 11.1 Å². The van der Waals surface area contributed by atoms with Gasteiger partial charge in [-0.3, -0.25) is 5.41 Å². The predicted octanol–water partition coefficient (Wildman–Crippen LogP) is 3.54. The van der Waals surface area contributed by atoms with E-state index in [0.29, 0.717) is 11.7 Å². The topological polar surface area (TPSA) is 49.9 Å². The van der Waals surface area contributed by atoms with Crippen molar-refractivity contribution in [3.63, 3.8) is 0 Å². The van der Waals surface area contributed by atoms with Crippen LogP contribution in [0.3, 0.4) is 0 Å². The van der Waals surface area contributed by atoms with Crippen molar-refractivity contribution in [3.05, 3.63) is 29.3 Å². The van der Waals surface area contributed by atoms with Gasteiger partial charge in [-0.25, -0.2) is 0 Å². The molecule has 0 saturated heterocycles. The maximum Gasteiger partial charge on any atom is 0.0916 e. The third-order valence-corrected chi connectivity index (χ3v) is 3.60. The van der Waals surface area contributed by atoms with E-state index in [1.165, 1.54) is 0 Å². The van der Waals surface area contributed by atoms with Crippen LogP contribution in [-0.2, 0) is 0 Å². The summed E-state index contributed by atoms with van der Waals surface area (Å²) in [5.74, 6) is 0.247. The Balaban J connectivity index is 2.62. The van der Waals surface area contributed by atoms with Gasteiger partial charge in [-0.05, 0) is 24.6 Å². The number of nitrogens with one attached hydrogen (secondary N) is 1. The molecule has 0 spiro atoms. The van der Waals surface area contributed by atoms with Gasteiger partial charge in [0.05, 0.1) is 5.84 Å². The van der Waals surface area contributed by atoms with Crippen LogP contribution in [0.5, 0.6) is 0 Å². The molecule has 0 heterocycles. The number of benzene rings is 1. The lowest BCUT2D eigenvalue weighted by Gasteiger charge is -2.13. The van der Waals surface area contributed by atoms with Crippen molar-refractivity contribution in [2.75, 3.05) is 0 Å². The summed E-state index contributed by atoms with van der Waals surface area (Å²) < 4.78 is 0. The van der Waals surface area contributed by atoms with Gasteiger partial charge in [-0.2, -0.15) is 0 Å². The molecular weight excluding hydrogens is 228 g/mol. The highest BCUT2D eigenvalue weighted by Crippen LogP contribution is 2.29. The number of halogens is 1. The first-order valence-electron chi connectivity index (χ1n) is 4.87. The van der Waals surface area contributed by atoms with E-state index >= 15 is 0 Å². The molecule has 0 radical (unpaired) electrons. The van der Waals surface area contributed by atoms with Crippen molar-refractivity contribution in [2.24, 2.45) is 5.73 Å². The molecule has 0 amide bonds. The van der Waals surface area contributed by atoms with Crippen LogP contribution in [0, 0.1) is 5.41 Å². The second-order valence-electron chi connectivity index (χ2n) is 3.33. The Labute approximate surface area is 99.7 Å². The zero-order valence-corrected chi connectivity index (χ0v) is 10.2. The number of thioether (sulfide) groups is 1. The van der Waals surface area contributed by atoms with E-state index in [-0.39, 0.29) is 5.84 Å². The summed E-state index contributed by atoms with van der Waals surface area (Å²) in [6, 6.07) is 7.76. The minimum absolute atomic E-state index is 0.247. The molecule has 1 atom stereocenters. The van der Waals surface area contributed by atoms with Crippen LogP contribution in [0.15, 0.2) is 29.2 Å². The van der Waals surface area contributed by atoms with E-state index in [1.807, 2.05) is 24.3 Å². The Kier molecular flexibility index (Phi) is 4.99. The van der Waals surface area contributed by atoms with Crippen molar-refractivity contribution >= 4 is 29.2 Å². The molecule has 0 saturated carbocycles. The fourth-order valence-corrected chi connectivity index (χ4v) is 2.67. The minimum atomic E-state index is 0.247. The summed E-state index contributed by atoms with van der Waals surface area (Å²) in [6.07, 6.45) is 1.63. The number of hydrogen-bond donors (Lipinski definition) is 2. The molecule has 0 aliphatic heterocycles. The highest BCUT2D eigenvalue weighted by atomic mass is 35.5. The molecule has 1 rings (SSSR count). The van der Waals surface area contributed by atoms with Crippen LogP contribution in [0.4, 0.5) is 0 Å².